The van der Waals surface area contributed by atoms with Crippen LogP contribution in [0.25, 0.3) is 0 Å². The zero-order valence-corrected chi connectivity index (χ0v) is 11.5. The van der Waals surface area contributed by atoms with Gasteiger partial charge in [0.1, 0.15) is 10.6 Å². The summed E-state index contributed by atoms with van der Waals surface area (Å²) in [5.41, 5.74) is -0.699. The lowest BCUT2D eigenvalue weighted by molar-refractivity contribution is -0.136. The lowest BCUT2D eigenvalue weighted by Crippen LogP contribution is -2.27. The van der Waals surface area contributed by atoms with E-state index in [4.69, 9.17) is 5.11 Å². The van der Waals surface area contributed by atoms with E-state index < -0.39 is 22.8 Å². The highest BCUT2D eigenvalue weighted by molar-refractivity contribution is 8.00. The monoisotopic (exact) mass is 297 g/mol. The third-order valence-electron chi connectivity index (χ3n) is 2.89. The highest BCUT2D eigenvalue weighted by Crippen LogP contribution is 2.31. The van der Waals surface area contributed by atoms with Crippen molar-refractivity contribution in [3.8, 4) is 0 Å². The molecule has 0 radical (unpaired) electrons. The van der Waals surface area contributed by atoms with Gasteiger partial charge in [-0.15, -0.1) is 0 Å². The quantitative estimate of drug-likeness (QED) is 0.576. The first-order valence-electron chi connectivity index (χ1n) is 5.62. The Hall–Kier alpha value is -2.16. The number of aryl methyl sites for hydroxylation is 1. The van der Waals surface area contributed by atoms with E-state index in [0.29, 0.717) is 0 Å². The van der Waals surface area contributed by atoms with Crippen molar-refractivity contribution in [3.63, 3.8) is 0 Å². The van der Waals surface area contributed by atoms with Crippen LogP contribution in [0.15, 0.2) is 9.82 Å². The highest BCUT2D eigenvalue weighted by Gasteiger charge is 2.38. The van der Waals surface area contributed by atoms with Crippen LogP contribution in [-0.2, 0) is 9.59 Å². The number of thioether (sulfide) groups is 1. The second kappa shape index (κ2) is 5.08. The number of carbonyl (C=O) groups is 3. The molecule has 0 aromatic carbocycles. The fourth-order valence-corrected chi connectivity index (χ4v) is 3.09. The van der Waals surface area contributed by atoms with E-state index in [2.05, 4.69) is 9.97 Å². The number of carbonyl (C=O) groups excluding carboxylic acids is 2. The fourth-order valence-electron chi connectivity index (χ4n) is 1.85. The molecule has 1 aliphatic heterocycles. The molecule has 0 spiro atoms. The molecule has 1 aromatic heterocycles. The molecule has 1 unspecified atom stereocenters. The Kier molecular flexibility index (Phi) is 3.62. The topological polar surface area (TPSA) is 120 Å². The Morgan fingerprint density at radius 1 is 1.45 bits per heavy atom. The Labute approximate surface area is 117 Å². The molecule has 1 aliphatic rings. The maximum absolute atomic E-state index is 11.8. The zero-order valence-electron chi connectivity index (χ0n) is 10.7. The van der Waals surface area contributed by atoms with E-state index in [-0.39, 0.29) is 28.6 Å². The molecule has 0 bridgehead atoms. The number of nitrogens with zero attached hydrogens (tertiary/aromatic N) is 2. The number of hydrogen-bond donors (Lipinski definition) is 2. The van der Waals surface area contributed by atoms with E-state index >= 15 is 0 Å². The van der Waals surface area contributed by atoms with Crippen LogP contribution in [0.5, 0.6) is 0 Å². The fraction of sp³-hybridized carbons (Fsp3) is 0.364. The average molecular weight is 297 g/mol. The largest absolute Gasteiger partial charge is 0.478 e. The molecule has 1 atom stereocenters. The molecule has 1 saturated heterocycles. The van der Waals surface area contributed by atoms with Crippen LogP contribution in [-0.4, -0.2) is 50.1 Å². The number of aromatic nitrogens is 2. The summed E-state index contributed by atoms with van der Waals surface area (Å²) in [7, 11) is 1.36. The number of imide groups is 1. The van der Waals surface area contributed by atoms with Crippen LogP contribution in [0.4, 0.5) is 0 Å². The van der Waals surface area contributed by atoms with Crippen molar-refractivity contribution in [3.05, 3.63) is 21.7 Å². The van der Waals surface area contributed by atoms with Gasteiger partial charge in [-0.2, -0.15) is 4.98 Å². The van der Waals surface area contributed by atoms with Gasteiger partial charge >= 0.3 is 11.7 Å². The molecular formula is C11H11N3O5S. The molecule has 2 heterocycles. The SMILES string of the molecule is Cc1[nH]c(=O)nc(SC2CC(=O)N(C)C2=O)c1C(=O)O. The van der Waals surface area contributed by atoms with Crippen LogP contribution in [0, 0.1) is 6.92 Å². The van der Waals surface area contributed by atoms with E-state index in [0.717, 1.165) is 16.7 Å². The zero-order chi connectivity index (χ0) is 15.0. The van der Waals surface area contributed by atoms with Gasteiger partial charge in [-0.05, 0) is 6.92 Å². The van der Waals surface area contributed by atoms with Gasteiger partial charge in [0.25, 0.3) is 0 Å². The van der Waals surface area contributed by atoms with Crippen LogP contribution in [0.3, 0.4) is 0 Å². The molecule has 9 heteroatoms. The number of hydrogen-bond acceptors (Lipinski definition) is 6. The molecule has 8 nitrogen and oxygen atoms in total. The van der Waals surface area contributed by atoms with Crippen molar-refractivity contribution >= 4 is 29.5 Å². The average Bonchev–Trinajstić information content (AvgIpc) is 2.55. The number of H-pyrrole nitrogens is 1. The highest BCUT2D eigenvalue weighted by atomic mass is 32.2. The third kappa shape index (κ3) is 2.44. The standard InChI is InChI=1S/C11H11N3O5S/c1-4-7(10(17)18)8(13-11(19)12-4)20-5-3-6(15)14(2)9(5)16/h5H,3H2,1-2H3,(H,17,18)(H,12,13,19). The molecule has 0 aliphatic carbocycles. The minimum Gasteiger partial charge on any atom is -0.478 e. The van der Waals surface area contributed by atoms with Crippen molar-refractivity contribution in [2.24, 2.45) is 0 Å². The summed E-state index contributed by atoms with van der Waals surface area (Å²) >= 11 is 0.826. The number of aromatic carboxylic acids is 1. The number of aromatic amines is 1. The molecule has 2 N–H and O–H groups in total. The number of carboxylic acid groups (broad SMARTS) is 1. The Bertz CT molecular complexity index is 669. The molecule has 1 fully saturated rings. The van der Waals surface area contributed by atoms with Crippen molar-refractivity contribution < 1.29 is 19.5 Å². The predicted octanol–water partition coefficient (Wildman–Crippen LogP) is -0.374. The van der Waals surface area contributed by atoms with E-state index in [1.165, 1.54) is 14.0 Å². The maximum Gasteiger partial charge on any atom is 0.346 e. The summed E-state index contributed by atoms with van der Waals surface area (Å²) in [5.74, 6) is -2.01. The lowest BCUT2D eigenvalue weighted by atomic mass is 10.2. The molecule has 1 aromatic rings. The van der Waals surface area contributed by atoms with E-state index in [9.17, 15) is 19.2 Å². The number of carboxylic acids is 1. The van der Waals surface area contributed by atoms with Crippen molar-refractivity contribution in [1.82, 2.24) is 14.9 Å². The van der Waals surface area contributed by atoms with Gasteiger partial charge < -0.3 is 10.1 Å². The summed E-state index contributed by atoms with van der Waals surface area (Å²) in [4.78, 5) is 52.6. The Morgan fingerprint density at radius 2 is 2.10 bits per heavy atom. The molecule has 20 heavy (non-hydrogen) atoms. The molecular weight excluding hydrogens is 286 g/mol. The maximum atomic E-state index is 11.8. The van der Waals surface area contributed by atoms with Crippen molar-refractivity contribution in [1.29, 1.82) is 0 Å². The Morgan fingerprint density at radius 3 is 2.60 bits per heavy atom. The van der Waals surface area contributed by atoms with Crippen LogP contribution in [0.2, 0.25) is 0 Å². The summed E-state index contributed by atoms with van der Waals surface area (Å²) < 4.78 is 0. The van der Waals surface area contributed by atoms with Crippen molar-refractivity contribution in [2.45, 2.75) is 23.6 Å². The van der Waals surface area contributed by atoms with Gasteiger partial charge in [0.05, 0.1) is 5.25 Å². The van der Waals surface area contributed by atoms with Crippen LogP contribution < -0.4 is 5.69 Å². The first-order chi connectivity index (χ1) is 9.31. The lowest BCUT2D eigenvalue weighted by Gasteiger charge is -2.10. The number of rotatable bonds is 3. The van der Waals surface area contributed by atoms with Gasteiger partial charge in [-0.25, -0.2) is 9.59 Å². The predicted molar refractivity (Wildman–Crippen MR) is 68.6 cm³/mol. The summed E-state index contributed by atoms with van der Waals surface area (Å²) in [6.45, 7) is 1.43. The molecule has 2 rings (SSSR count). The third-order valence-corrected chi connectivity index (χ3v) is 4.07. The summed E-state index contributed by atoms with van der Waals surface area (Å²) in [6, 6.07) is 0. The molecule has 2 amide bonds. The second-order valence-electron chi connectivity index (χ2n) is 4.25. The molecule has 106 valence electrons. The van der Waals surface area contributed by atoms with Gasteiger partial charge in [-0.3, -0.25) is 14.5 Å². The van der Waals surface area contributed by atoms with Crippen LogP contribution in [0.1, 0.15) is 22.5 Å². The van der Waals surface area contributed by atoms with E-state index in [1.54, 1.807) is 0 Å². The van der Waals surface area contributed by atoms with Gasteiger partial charge in [0.2, 0.25) is 11.8 Å². The summed E-state index contributed by atoms with van der Waals surface area (Å²) in [5, 5.41) is 8.34. The second-order valence-corrected chi connectivity index (χ2v) is 5.45. The number of nitrogens with one attached hydrogen (secondary N) is 1. The minimum atomic E-state index is -1.25. The van der Waals surface area contributed by atoms with E-state index in [1.807, 2.05) is 0 Å². The first kappa shape index (κ1) is 14.3. The van der Waals surface area contributed by atoms with Gasteiger partial charge in [0.15, 0.2) is 0 Å². The normalized spacial score (nSPS) is 18.7. The first-order valence-corrected chi connectivity index (χ1v) is 6.50. The summed E-state index contributed by atoms with van der Waals surface area (Å²) in [6.07, 6.45) is -0.0351. The smallest absolute Gasteiger partial charge is 0.346 e. The van der Waals surface area contributed by atoms with Gasteiger partial charge in [-0.1, -0.05) is 11.8 Å². The Balaban J connectivity index is 2.39. The molecule has 0 saturated carbocycles. The van der Waals surface area contributed by atoms with Crippen molar-refractivity contribution in [2.75, 3.05) is 7.05 Å². The number of likely N-dealkylation sites (tertiary alicyclic amines) is 1. The number of amides is 2. The van der Waals surface area contributed by atoms with Gasteiger partial charge in [0, 0.05) is 19.2 Å². The van der Waals surface area contributed by atoms with Crippen LogP contribution >= 0.6 is 11.8 Å². The minimum absolute atomic E-state index is 0.0351.